The molecule has 1 aliphatic rings. The summed E-state index contributed by atoms with van der Waals surface area (Å²) in [7, 11) is 0. The van der Waals surface area contributed by atoms with Gasteiger partial charge < -0.3 is 5.73 Å². The maximum atomic E-state index is 10.2. The molecule has 1 saturated carbocycles. The number of hydrazone groups is 1. The van der Waals surface area contributed by atoms with E-state index >= 15 is 0 Å². The van der Waals surface area contributed by atoms with E-state index in [0.29, 0.717) is 5.92 Å². The van der Waals surface area contributed by atoms with Crippen molar-refractivity contribution in [1.82, 2.24) is 5.43 Å². The number of hydrogen-bond acceptors (Lipinski definition) is 2. The molecule has 0 bridgehead atoms. The van der Waals surface area contributed by atoms with E-state index in [1.807, 2.05) is 0 Å². The minimum atomic E-state index is -0.595. The third-order valence-electron chi connectivity index (χ3n) is 2.11. The summed E-state index contributed by atoms with van der Waals surface area (Å²) in [6.07, 6.45) is 8.03. The van der Waals surface area contributed by atoms with E-state index in [0.717, 1.165) is 0 Å². The van der Waals surface area contributed by atoms with Crippen molar-refractivity contribution in [2.75, 3.05) is 0 Å². The predicted molar refractivity (Wildman–Crippen MR) is 47.8 cm³/mol. The van der Waals surface area contributed by atoms with E-state index in [1.165, 1.54) is 32.1 Å². The summed E-state index contributed by atoms with van der Waals surface area (Å²) in [6.45, 7) is 0. The number of carbonyl (C=O) groups excluding carboxylic acids is 1. The van der Waals surface area contributed by atoms with Crippen LogP contribution >= 0.6 is 0 Å². The van der Waals surface area contributed by atoms with Crippen molar-refractivity contribution < 1.29 is 4.79 Å². The number of hydrogen-bond donors (Lipinski definition) is 2. The SMILES string of the molecule is NC(=O)NN=CC1CCCCC1. The average molecular weight is 169 g/mol. The Morgan fingerprint density at radius 2 is 2.08 bits per heavy atom. The summed E-state index contributed by atoms with van der Waals surface area (Å²) in [4.78, 5) is 10.2. The monoisotopic (exact) mass is 169 g/mol. The van der Waals surface area contributed by atoms with Gasteiger partial charge >= 0.3 is 6.03 Å². The fourth-order valence-corrected chi connectivity index (χ4v) is 1.49. The predicted octanol–water partition coefficient (Wildman–Crippen LogP) is 1.22. The summed E-state index contributed by atoms with van der Waals surface area (Å²) in [5.74, 6) is 0.533. The van der Waals surface area contributed by atoms with Crippen molar-refractivity contribution in [2.24, 2.45) is 16.8 Å². The van der Waals surface area contributed by atoms with Gasteiger partial charge in [0.05, 0.1) is 0 Å². The Morgan fingerprint density at radius 3 is 2.67 bits per heavy atom. The van der Waals surface area contributed by atoms with Gasteiger partial charge in [-0.2, -0.15) is 5.10 Å². The van der Waals surface area contributed by atoms with Crippen LogP contribution in [0.15, 0.2) is 5.10 Å². The lowest BCUT2D eigenvalue weighted by molar-refractivity contribution is 0.249. The second kappa shape index (κ2) is 4.74. The van der Waals surface area contributed by atoms with Gasteiger partial charge in [-0.25, -0.2) is 10.2 Å². The third kappa shape index (κ3) is 3.37. The Bertz CT molecular complexity index is 173. The summed E-state index contributed by atoms with van der Waals surface area (Å²) < 4.78 is 0. The number of primary amides is 1. The van der Waals surface area contributed by atoms with Crippen LogP contribution < -0.4 is 11.2 Å². The maximum Gasteiger partial charge on any atom is 0.332 e. The molecule has 4 nitrogen and oxygen atoms in total. The molecule has 0 spiro atoms. The molecular formula is C8H15N3O. The standard InChI is InChI=1S/C8H15N3O/c9-8(12)11-10-6-7-4-2-1-3-5-7/h6-7H,1-5H2,(H3,9,11,12). The summed E-state index contributed by atoms with van der Waals surface area (Å²) in [5, 5.41) is 3.74. The number of carbonyl (C=O) groups is 1. The fraction of sp³-hybridized carbons (Fsp3) is 0.750. The molecule has 0 unspecified atom stereocenters. The van der Waals surface area contributed by atoms with Crippen molar-refractivity contribution in [2.45, 2.75) is 32.1 Å². The topological polar surface area (TPSA) is 67.5 Å². The molecule has 0 radical (unpaired) electrons. The van der Waals surface area contributed by atoms with E-state index in [1.54, 1.807) is 6.21 Å². The van der Waals surface area contributed by atoms with Gasteiger partial charge in [0.2, 0.25) is 0 Å². The van der Waals surface area contributed by atoms with Gasteiger partial charge in [-0.1, -0.05) is 19.3 Å². The Morgan fingerprint density at radius 1 is 1.42 bits per heavy atom. The lowest BCUT2D eigenvalue weighted by Crippen LogP contribution is -2.25. The molecule has 1 rings (SSSR count). The largest absolute Gasteiger partial charge is 0.350 e. The van der Waals surface area contributed by atoms with Crippen LogP contribution in [0.5, 0.6) is 0 Å². The van der Waals surface area contributed by atoms with Gasteiger partial charge in [-0.05, 0) is 18.8 Å². The lowest BCUT2D eigenvalue weighted by atomic mass is 9.90. The molecule has 0 aromatic carbocycles. The first kappa shape index (κ1) is 9.03. The highest BCUT2D eigenvalue weighted by molar-refractivity contribution is 5.73. The van der Waals surface area contributed by atoms with Gasteiger partial charge in [0.15, 0.2) is 0 Å². The first-order valence-electron chi connectivity index (χ1n) is 4.37. The minimum absolute atomic E-state index is 0.533. The van der Waals surface area contributed by atoms with Gasteiger partial charge in [0.1, 0.15) is 0 Å². The van der Waals surface area contributed by atoms with Crippen molar-refractivity contribution in [3.8, 4) is 0 Å². The third-order valence-corrected chi connectivity index (χ3v) is 2.11. The summed E-state index contributed by atoms with van der Waals surface area (Å²) >= 11 is 0. The van der Waals surface area contributed by atoms with Crippen molar-refractivity contribution in [1.29, 1.82) is 0 Å². The molecule has 0 aromatic rings. The van der Waals surface area contributed by atoms with Crippen LogP contribution in [0, 0.1) is 5.92 Å². The molecule has 2 amide bonds. The number of urea groups is 1. The molecule has 0 saturated heterocycles. The molecule has 0 aliphatic heterocycles. The highest BCUT2D eigenvalue weighted by atomic mass is 16.2. The maximum absolute atomic E-state index is 10.2. The molecule has 68 valence electrons. The molecular weight excluding hydrogens is 154 g/mol. The van der Waals surface area contributed by atoms with E-state index in [-0.39, 0.29) is 0 Å². The van der Waals surface area contributed by atoms with Gasteiger partial charge in [-0.15, -0.1) is 0 Å². The van der Waals surface area contributed by atoms with Crippen LogP contribution in [0.1, 0.15) is 32.1 Å². The highest BCUT2D eigenvalue weighted by Gasteiger charge is 2.10. The lowest BCUT2D eigenvalue weighted by Gasteiger charge is -2.16. The molecule has 4 heteroatoms. The van der Waals surface area contributed by atoms with Gasteiger partial charge in [-0.3, -0.25) is 0 Å². The molecule has 0 aromatic heterocycles. The van der Waals surface area contributed by atoms with Gasteiger partial charge in [0.25, 0.3) is 0 Å². The van der Waals surface area contributed by atoms with E-state index < -0.39 is 6.03 Å². The molecule has 12 heavy (non-hydrogen) atoms. The zero-order valence-corrected chi connectivity index (χ0v) is 7.12. The first-order chi connectivity index (χ1) is 5.79. The fourth-order valence-electron chi connectivity index (χ4n) is 1.49. The van der Waals surface area contributed by atoms with Gasteiger partial charge in [0, 0.05) is 6.21 Å². The molecule has 3 N–H and O–H groups in total. The Kier molecular flexibility index (Phi) is 3.57. The zero-order valence-electron chi connectivity index (χ0n) is 7.12. The van der Waals surface area contributed by atoms with Crippen LogP contribution in [-0.2, 0) is 0 Å². The van der Waals surface area contributed by atoms with E-state index in [2.05, 4.69) is 10.5 Å². The average Bonchev–Trinajstić information content (AvgIpc) is 2.05. The van der Waals surface area contributed by atoms with E-state index in [9.17, 15) is 4.79 Å². The number of nitrogens with two attached hydrogens (primary N) is 1. The van der Waals surface area contributed by atoms with Crippen LogP contribution in [0.25, 0.3) is 0 Å². The zero-order chi connectivity index (χ0) is 8.81. The number of nitrogens with zero attached hydrogens (tertiary/aromatic N) is 1. The smallest absolute Gasteiger partial charge is 0.332 e. The first-order valence-corrected chi connectivity index (χ1v) is 4.37. The molecule has 1 fully saturated rings. The Balaban J connectivity index is 2.19. The summed E-state index contributed by atoms with van der Waals surface area (Å²) in [6, 6.07) is -0.595. The second-order valence-electron chi connectivity index (χ2n) is 3.15. The Hall–Kier alpha value is -1.06. The van der Waals surface area contributed by atoms with Crippen LogP contribution in [-0.4, -0.2) is 12.2 Å². The quantitative estimate of drug-likeness (QED) is 0.473. The molecule has 0 atom stereocenters. The molecule has 1 aliphatic carbocycles. The van der Waals surface area contributed by atoms with Crippen molar-refractivity contribution >= 4 is 12.2 Å². The molecule has 0 heterocycles. The van der Waals surface area contributed by atoms with Crippen LogP contribution in [0.2, 0.25) is 0 Å². The number of nitrogens with one attached hydrogen (secondary N) is 1. The second-order valence-corrected chi connectivity index (χ2v) is 3.15. The van der Waals surface area contributed by atoms with Crippen molar-refractivity contribution in [3.05, 3.63) is 0 Å². The Labute approximate surface area is 72.2 Å². The van der Waals surface area contributed by atoms with E-state index in [4.69, 9.17) is 5.73 Å². The van der Waals surface area contributed by atoms with Crippen LogP contribution in [0.4, 0.5) is 4.79 Å². The highest BCUT2D eigenvalue weighted by Crippen LogP contribution is 2.21. The van der Waals surface area contributed by atoms with Crippen LogP contribution in [0.3, 0.4) is 0 Å². The normalized spacial score (nSPS) is 19.7. The van der Waals surface area contributed by atoms with Crippen molar-refractivity contribution in [3.63, 3.8) is 0 Å². The summed E-state index contributed by atoms with van der Waals surface area (Å²) in [5.41, 5.74) is 7.05. The number of rotatable bonds is 2. The number of amides is 2. The minimum Gasteiger partial charge on any atom is -0.350 e.